The highest BCUT2D eigenvalue weighted by molar-refractivity contribution is 7.99. The highest BCUT2D eigenvalue weighted by Crippen LogP contribution is 2.24. The summed E-state index contributed by atoms with van der Waals surface area (Å²) in [7, 11) is -1.47. The second-order valence-electron chi connectivity index (χ2n) is 5.67. The maximum Gasteiger partial charge on any atom is 0.233 e. The number of rotatable bonds is 8. The number of anilines is 1. The minimum absolute atomic E-state index is 0.0701. The number of carbonyl (C=O) groups excluding carboxylic acids is 1. The summed E-state index contributed by atoms with van der Waals surface area (Å²) < 4.78 is 26.8. The van der Waals surface area contributed by atoms with E-state index in [4.69, 9.17) is 0 Å². The lowest BCUT2D eigenvalue weighted by atomic mass is 10.2. The maximum atomic E-state index is 12.1. The van der Waals surface area contributed by atoms with E-state index in [1.54, 1.807) is 29.2 Å². The van der Waals surface area contributed by atoms with Gasteiger partial charge >= 0.3 is 0 Å². The number of thioether (sulfide) groups is 1. The molecule has 0 radical (unpaired) electrons. The van der Waals surface area contributed by atoms with Crippen LogP contribution in [0.1, 0.15) is 13.8 Å². The number of hydrogen-bond donors (Lipinski definition) is 1. The minimum atomic E-state index is -3.31. The Labute approximate surface area is 158 Å². The summed E-state index contributed by atoms with van der Waals surface area (Å²) in [4.78, 5) is 13.9. The van der Waals surface area contributed by atoms with E-state index in [0.29, 0.717) is 35.5 Å². The Morgan fingerprint density at radius 1 is 1.19 bits per heavy atom. The zero-order chi connectivity index (χ0) is 19.3. The van der Waals surface area contributed by atoms with Crippen molar-refractivity contribution in [3.05, 3.63) is 24.3 Å². The van der Waals surface area contributed by atoms with Crippen LogP contribution in [0.2, 0.25) is 0 Å². The number of nitrogens with one attached hydrogen (secondary N) is 1. The topological polar surface area (TPSA) is 97.2 Å². The molecule has 1 N–H and O–H groups in total. The summed E-state index contributed by atoms with van der Waals surface area (Å²) in [6, 6.07) is 6.88. The molecule has 1 aromatic carbocycles. The van der Waals surface area contributed by atoms with E-state index in [1.165, 1.54) is 11.8 Å². The first-order valence-corrected chi connectivity index (χ1v) is 11.0. The number of hydrogen-bond acceptors (Lipinski definition) is 6. The quantitative estimate of drug-likeness (QED) is 0.683. The van der Waals surface area contributed by atoms with E-state index >= 15 is 0 Å². The predicted octanol–water partition coefficient (Wildman–Crippen LogP) is 1.81. The smallest absolute Gasteiger partial charge is 0.233 e. The zero-order valence-electron chi connectivity index (χ0n) is 15.3. The van der Waals surface area contributed by atoms with Gasteiger partial charge in [-0.2, -0.15) is 0 Å². The fourth-order valence-corrected chi connectivity index (χ4v) is 3.77. The molecule has 0 saturated carbocycles. The third-order valence-corrected chi connectivity index (χ3v) is 5.33. The lowest BCUT2D eigenvalue weighted by molar-refractivity contribution is -0.127. The largest absolute Gasteiger partial charge is 0.343 e. The third kappa shape index (κ3) is 5.21. The van der Waals surface area contributed by atoms with Gasteiger partial charge < -0.3 is 9.47 Å². The van der Waals surface area contributed by atoms with E-state index in [1.807, 2.05) is 25.5 Å². The number of nitrogens with zero attached hydrogens (tertiary/aromatic N) is 4. The molecule has 26 heavy (non-hydrogen) atoms. The highest BCUT2D eigenvalue weighted by atomic mass is 32.2. The second-order valence-corrected chi connectivity index (χ2v) is 8.36. The van der Waals surface area contributed by atoms with Gasteiger partial charge in [0.25, 0.3) is 0 Å². The molecule has 0 saturated heterocycles. The molecular weight excluding hydrogens is 374 g/mol. The van der Waals surface area contributed by atoms with E-state index in [0.717, 1.165) is 11.8 Å². The van der Waals surface area contributed by atoms with Crippen molar-refractivity contribution in [2.45, 2.75) is 19.0 Å². The molecule has 8 nitrogen and oxygen atoms in total. The second kappa shape index (κ2) is 8.54. The lowest BCUT2D eigenvalue weighted by Gasteiger charge is -2.17. The first-order valence-electron chi connectivity index (χ1n) is 8.13. The summed E-state index contributed by atoms with van der Waals surface area (Å²) in [5.41, 5.74) is 1.29. The average Bonchev–Trinajstić information content (AvgIpc) is 2.94. The van der Waals surface area contributed by atoms with Gasteiger partial charge in [0.1, 0.15) is 0 Å². The van der Waals surface area contributed by atoms with Gasteiger partial charge in [-0.1, -0.05) is 11.8 Å². The van der Waals surface area contributed by atoms with Crippen molar-refractivity contribution in [2.24, 2.45) is 7.05 Å². The minimum Gasteiger partial charge on any atom is -0.343 e. The summed E-state index contributed by atoms with van der Waals surface area (Å²) in [6.07, 6.45) is 1.10. The molecule has 0 unspecified atom stereocenters. The Kier molecular flexibility index (Phi) is 6.65. The number of amides is 1. The molecule has 0 aliphatic heterocycles. The Balaban J connectivity index is 2.10. The molecule has 0 bridgehead atoms. The van der Waals surface area contributed by atoms with Gasteiger partial charge in [0.15, 0.2) is 11.0 Å². The average molecular weight is 398 g/mol. The molecule has 0 atom stereocenters. The van der Waals surface area contributed by atoms with Gasteiger partial charge in [-0.15, -0.1) is 10.2 Å². The first kappa shape index (κ1) is 20.2. The summed E-state index contributed by atoms with van der Waals surface area (Å²) in [5, 5.41) is 8.98. The highest BCUT2D eigenvalue weighted by Gasteiger charge is 2.15. The number of sulfonamides is 1. The van der Waals surface area contributed by atoms with Crippen molar-refractivity contribution in [3.8, 4) is 11.4 Å². The zero-order valence-corrected chi connectivity index (χ0v) is 16.9. The Morgan fingerprint density at radius 3 is 2.35 bits per heavy atom. The third-order valence-electron chi connectivity index (χ3n) is 3.72. The van der Waals surface area contributed by atoms with Crippen molar-refractivity contribution in [1.82, 2.24) is 19.7 Å². The van der Waals surface area contributed by atoms with Crippen LogP contribution in [0, 0.1) is 0 Å². The van der Waals surface area contributed by atoms with E-state index < -0.39 is 10.0 Å². The Hall–Kier alpha value is -2.07. The van der Waals surface area contributed by atoms with Gasteiger partial charge in [-0.25, -0.2) is 8.42 Å². The van der Waals surface area contributed by atoms with Crippen molar-refractivity contribution in [3.63, 3.8) is 0 Å². The van der Waals surface area contributed by atoms with E-state index in [2.05, 4.69) is 14.9 Å². The molecule has 1 amide bonds. The molecule has 0 spiro atoms. The molecule has 2 aromatic rings. The van der Waals surface area contributed by atoms with Crippen LogP contribution in [0.25, 0.3) is 11.4 Å². The van der Waals surface area contributed by atoms with E-state index in [-0.39, 0.29) is 5.91 Å². The lowest BCUT2D eigenvalue weighted by Crippen LogP contribution is -2.31. The number of benzene rings is 1. The predicted molar refractivity (Wildman–Crippen MR) is 104 cm³/mol. The monoisotopic (exact) mass is 397 g/mol. The van der Waals surface area contributed by atoms with Gasteiger partial charge in [0, 0.05) is 31.4 Å². The summed E-state index contributed by atoms with van der Waals surface area (Å²) >= 11 is 1.35. The fraction of sp³-hybridized carbons (Fsp3) is 0.438. The van der Waals surface area contributed by atoms with Crippen molar-refractivity contribution in [2.75, 3.05) is 29.8 Å². The Morgan fingerprint density at radius 2 is 1.81 bits per heavy atom. The molecule has 0 fully saturated rings. The molecule has 0 aliphatic carbocycles. The van der Waals surface area contributed by atoms with E-state index in [9.17, 15) is 13.2 Å². The number of carbonyl (C=O) groups is 1. The molecule has 142 valence electrons. The fourth-order valence-electron chi connectivity index (χ4n) is 2.39. The van der Waals surface area contributed by atoms with Gasteiger partial charge in [0.2, 0.25) is 15.9 Å². The number of aromatic nitrogens is 3. The normalized spacial score (nSPS) is 11.4. The van der Waals surface area contributed by atoms with Crippen molar-refractivity contribution >= 4 is 33.4 Å². The van der Waals surface area contributed by atoms with Gasteiger partial charge in [-0.05, 0) is 38.1 Å². The first-order chi connectivity index (χ1) is 12.2. The van der Waals surface area contributed by atoms with Crippen LogP contribution in [0.4, 0.5) is 5.69 Å². The van der Waals surface area contributed by atoms with Gasteiger partial charge in [-0.3, -0.25) is 9.52 Å². The van der Waals surface area contributed by atoms with Crippen LogP contribution in [0.5, 0.6) is 0 Å². The SMILES string of the molecule is CCN(CC)C(=O)CSc1nnc(-c2ccc(NS(C)(=O)=O)cc2)n1C. The molecule has 1 aromatic heterocycles. The molecule has 10 heteroatoms. The van der Waals surface area contributed by atoms with Gasteiger partial charge in [0.05, 0.1) is 12.0 Å². The molecule has 1 heterocycles. The van der Waals surface area contributed by atoms with Crippen LogP contribution in [0.3, 0.4) is 0 Å². The molecule has 0 aliphatic rings. The van der Waals surface area contributed by atoms with Crippen molar-refractivity contribution < 1.29 is 13.2 Å². The van der Waals surface area contributed by atoms with Crippen LogP contribution in [-0.4, -0.2) is 59.1 Å². The van der Waals surface area contributed by atoms with Crippen LogP contribution >= 0.6 is 11.8 Å². The summed E-state index contributed by atoms with van der Waals surface area (Å²) in [5.74, 6) is 1.03. The van der Waals surface area contributed by atoms with Crippen LogP contribution in [-0.2, 0) is 21.9 Å². The standard InChI is InChI=1S/C16H23N5O3S2/c1-5-21(6-2)14(22)11-25-16-18-17-15(20(16)3)12-7-9-13(10-8-12)19-26(4,23)24/h7-10,19H,5-6,11H2,1-4H3. The van der Waals surface area contributed by atoms with Crippen LogP contribution in [0.15, 0.2) is 29.4 Å². The van der Waals surface area contributed by atoms with Crippen molar-refractivity contribution in [1.29, 1.82) is 0 Å². The Bertz CT molecular complexity index is 859. The summed E-state index contributed by atoms with van der Waals surface area (Å²) in [6.45, 7) is 5.28. The maximum absolute atomic E-state index is 12.1. The van der Waals surface area contributed by atoms with Crippen LogP contribution < -0.4 is 4.72 Å². The molecular formula is C16H23N5O3S2. The molecule has 2 rings (SSSR count).